The van der Waals surface area contributed by atoms with Crippen molar-refractivity contribution in [2.45, 2.75) is 32.2 Å². The highest BCUT2D eigenvalue weighted by molar-refractivity contribution is 5.91. The maximum Gasteiger partial charge on any atom is 0.226 e. The second-order valence-corrected chi connectivity index (χ2v) is 5.50. The molecule has 4 nitrogen and oxygen atoms in total. The van der Waals surface area contributed by atoms with Gasteiger partial charge in [0.25, 0.3) is 0 Å². The fraction of sp³-hybridized carbons (Fsp3) is 0.316. The SMILES string of the molecule is CCCCOc1cccc(NC(=O)CC(N)c2ccccc2)c1. The molecule has 4 heteroatoms. The molecule has 3 N–H and O–H groups in total. The minimum absolute atomic E-state index is 0.105. The fourth-order valence-electron chi connectivity index (χ4n) is 2.23. The molecule has 0 bridgehead atoms. The molecule has 1 atom stereocenters. The third-order valence-corrected chi connectivity index (χ3v) is 3.52. The summed E-state index contributed by atoms with van der Waals surface area (Å²) in [5, 5.41) is 2.87. The van der Waals surface area contributed by atoms with Gasteiger partial charge in [-0.1, -0.05) is 49.7 Å². The Kier molecular flexibility index (Phi) is 6.63. The topological polar surface area (TPSA) is 64.3 Å². The van der Waals surface area contributed by atoms with Crippen molar-refractivity contribution in [2.24, 2.45) is 5.73 Å². The number of rotatable bonds is 8. The molecule has 0 aliphatic rings. The number of anilines is 1. The Morgan fingerprint density at radius 1 is 1.17 bits per heavy atom. The third-order valence-electron chi connectivity index (χ3n) is 3.52. The summed E-state index contributed by atoms with van der Waals surface area (Å²) < 4.78 is 5.64. The van der Waals surface area contributed by atoms with Gasteiger partial charge in [0, 0.05) is 24.2 Å². The monoisotopic (exact) mass is 312 g/mol. The first kappa shape index (κ1) is 17.0. The van der Waals surface area contributed by atoms with Crippen LogP contribution in [0.4, 0.5) is 5.69 Å². The van der Waals surface area contributed by atoms with Gasteiger partial charge in [0.15, 0.2) is 0 Å². The molecule has 0 radical (unpaired) electrons. The van der Waals surface area contributed by atoms with E-state index in [1.807, 2.05) is 54.6 Å². The van der Waals surface area contributed by atoms with Gasteiger partial charge in [-0.25, -0.2) is 0 Å². The molecule has 0 saturated carbocycles. The van der Waals surface area contributed by atoms with Crippen LogP contribution in [0, 0.1) is 0 Å². The summed E-state index contributed by atoms with van der Waals surface area (Å²) in [5.74, 6) is 0.663. The van der Waals surface area contributed by atoms with E-state index in [4.69, 9.17) is 10.5 Å². The van der Waals surface area contributed by atoms with E-state index in [0.717, 1.165) is 29.8 Å². The lowest BCUT2D eigenvalue weighted by Crippen LogP contribution is -2.20. The highest BCUT2D eigenvalue weighted by Gasteiger charge is 2.11. The van der Waals surface area contributed by atoms with E-state index < -0.39 is 0 Å². The molecule has 0 heterocycles. The Labute approximate surface area is 137 Å². The first-order valence-electron chi connectivity index (χ1n) is 8.02. The Balaban J connectivity index is 1.88. The molecule has 0 aromatic heterocycles. The van der Waals surface area contributed by atoms with Crippen LogP contribution in [0.2, 0.25) is 0 Å². The van der Waals surface area contributed by atoms with Crippen molar-refractivity contribution < 1.29 is 9.53 Å². The molecule has 2 rings (SSSR count). The number of carbonyl (C=O) groups is 1. The maximum atomic E-state index is 12.1. The van der Waals surface area contributed by atoms with Gasteiger partial charge in [-0.3, -0.25) is 4.79 Å². The van der Waals surface area contributed by atoms with Crippen LogP contribution >= 0.6 is 0 Å². The van der Waals surface area contributed by atoms with Gasteiger partial charge < -0.3 is 15.8 Å². The molecule has 0 aliphatic carbocycles. The molecule has 1 unspecified atom stereocenters. The van der Waals surface area contributed by atoms with Gasteiger partial charge >= 0.3 is 0 Å². The van der Waals surface area contributed by atoms with Crippen LogP contribution in [0.15, 0.2) is 54.6 Å². The molecule has 23 heavy (non-hydrogen) atoms. The van der Waals surface area contributed by atoms with E-state index in [-0.39, 0.29) is 18.4 Å². The van der Waals surface area contributed by atoms with Crippen molar-refractivity contribution in [1.82, 2.24) is 0 Å². The van der Waals surface area contributed by atoms with Crippen molar-refractivity contribution in [3.63, 3.8) is 0 Å². The van der Waals surface area contributed by atoms with Crippen molar-refractivity contribution >= 4 is 11.6 Å². The summed E-state index contributed by atoms with van der Waals surface area (Å²) in [5.41, 5.74) is 7.76. The van der Waals surface area contributed by atoms with Gasteiger partial charge in [-0.05, 0) is 24.1 Å². The number of amides is 1. The fourth-order valence-corrected chi connectivity index (χ4v) is 2.23. The quantitative estimate of drug-likeness (QED) is 0.727. The Morgan fingerprint density at radius 3 is 2.70 bits per heavy atom. The second kappa shape index (κ2) is 8.96. The molecule has 0 saturated heterocycles. The van der Waals surface area contributed by atoms with E-state index in [2.05, 4.69) is 12.2 Å². The number of benzene rings is 2. The highest BCUT2D eigenvalue weighted by Crippen LogP contribution is 2.19. The average molecular weight is 312 g/mol. The maximum absolute atomic E-state index is 12.1. The Hall–Kier alpha value is -2.33. The molecule has 0 fully saturated rings. The van der Waals surface area contributed by atoms with Gasteiger partial charge in [-0.15, -0.1) is 0 Å². The minimum atomic E-state index is -0.305. The second-order valence-electron chi connectivity index (χ2n) is 5.50. The van der Waals surface area contributed by atoms with Crippen LogP contribution in [-0.2, 0) is 4.79 Å². The zero-order valence-corrected chi connectivity index (χ0v) is 13.5. The smallest absolute Gasteiger partial charge is 0.226 e. The van der Waals surface area contributed by atoms with E-state index >= 15 is 0 Å². The molecule has 0 spiro atoms. The summed E-state index contributed by atoms with van der Waals surface area (Å²) in [6, 6.07) is 16.8. The number of hydrogen-bond donors (Lipinski definition) is 2. The lowest BCUT2D eigenvalue weighted by molar-refractivity contribution is -0.116. The molecule has 2 aromatic carbocycles. The van der Waals surface area contributed by atoms with Crippen LogP contribution in [-0.4, -0.2) is 12.5 Å². The van der Waals surface area contributed by atoms with Crippen molar-refractivity contribution in [3.05, 3.63) is 60.2 Å². The minimum Gasteiger partial charge on any atom is -0.494 e. The summed E-state index contributed by atoms with van der Waals surface area (Å²) in [6.45, 7) is 2.81. The lowest BCUT2D eigenvalue weighted by Gasteiger charge is -2.13. The van der Waals surface area contributed by atoms with Crippen molar-refractivity contribution in [2.75, 3.05) is 11.9 Å². The van der Waals surface area contributed by atoms with Crippen LogP contribution < -0.4 is 15.8 Å². The first-order valence-corrected chi connectivity index (χ1v) is 8.02. The molecule has 1 amide bonds. The normalized spacial score (nSPS) is 11.7. The number of nitrogens with two attached hydrogens (primary N) is 1. The number of ether oxygens (including phenoxy) is 1. The van der Waals surface area contributed by atoms with Crippen molar-refractivity contribution in [3.8, 4) is 5.75 Å². The largest absolute Gasteiger partial charge is 0.494 e. The predicted molar refractivity (Wildman–Crippen MR) is 93.5 cm³/mol. The van der Waals surface area contributed by atoms with E-state index in [0.29, 0.717) is 6.61 Å². The van der Waals surface area contributed by atoms with Crippen LogP contribution in [0.3, 0.4) is 0 Å². The van der Waals surface area contributed by atoms with E-state index in [9.17, 15) is 4.79 Å². The summed E-state index contributed by atoms with van der Waals surface area (Å²) in [7, 11) is 0. The van der Waals surface area contributed by atoms with Gasteiger partial charge in [0.2, 0.25) is 5.91 Å². The van der Waals surface area contributed by atoms with E-state index in [1.54, 1.807) is 0 Å². The van der Waals surface area contributed by atoms with Gasteiger partial charge in [0.1, 0.15) is 5.75 Å². The molecular weight excluding hydrogens is 288 g/mol. The molecule has 0 aliphatic heterocycles. The first-order chi connectivity index (χ1) is 11.2. The van der Waals surface area contributed by atoms with Crippen molar-refractivity contribution in [1.29, 1.82) is 0 Å². The van der Waals surface area contributed by atoms with Crippen LogP contribution in [0.5, 0.6) is 5.75 Å². The molecular formula is C19H24N2O2. The Morgan fingerprint density at radius 2 is 1.96 bits per heavy atom. The van der Waals surface area contributed by atoms with Gasteiger partial charge in [0.05, 0.1) is 6.61 Å². The predicted octanol–water partition coefficient (Wildman–Crippen LogP) is 3.89. The summed E-state index contributed by atoms with van der Waals surface area (Å²) in [6.07, 6.45) is 2.35. The summed E-state index contributed by atoms with van der Waals surface area (Å²) in [4.78, 5) is 12.1. The lowest BCUT2D eigenvalue weighted by atomic mass is 10.0. The number of nitrogens with one attached hydrogen (secondary N) is 1. The Bertz CT molecular complexity index is 614. The van der Waals surface area contributed by atoms with Crippen LogP contribution in [0.1, 0.15) is 37.8 Å². The average Bonchev–Trinajstić information content (AvgIpc) is 2.56. The molecule has 122 valence electrons. The zero-order chi connectivity index (χ0) is 16.5. The highest BCUT2D eigenvalue weighted by atomic mass is 16.5. The number of hydrogen-bond acceptors (Lipinski definition) is 3. The van der Waals surface area contributed by atoms with Gasteiger partial charge in [-0.2, -0.15) is 0 Å². The zero-order valence-electron chi connectivity index (χ0n) is 13.5. The summed E-state index contributed by atoms with van der Waals surface area (Å²) >= 11 is 0. The number of unbranched alkanes of at least 4 members (excludes halogenated alkanes) is 1. The standard InChI is InChI=1S/C19H24N2O2/c1-2-3-12-23-17-11-7-10-16(13-17)21-19(22)14-18(20)15-8-5-4-6-9-15/h4-11,13,18H,2-3,12,14,20H2,1H3,(H,21,22). The third kappa shape index (κ3) is 5.75. The number of carbonyl (C=O) groups excluding carboxylic acids is 1. The van der Waals surface area contributed by atoms with Crippen LogP contribution in [0.25, 0.3) is 0 Å². The van der Waals surface area contributed by atoms with E-state index in [1.165, 1.54) is 0 Å². The molecule has 2 aromatic rings.